The maximum absolute atomic E-state index is 11.7. The molecule has 0 atom stereocenters. The van der Waals surface area contributed by atoms with Crippen molar-refractivity contribution in [2.75, 3.05) is 11.5 Å². The number of aryl methyl sites for hydroxylation is 1. The van der Waals surface area contributed by atoms with Gasteiger partial charge in [-0.15, -0.1) is 0 Å². The predicted octanol–water partition coefficient (Wildman–Crippen LogP) is 2.11. The van der Waals surface area contributed by atoms with E-state index in [0.717, 1.165) is 11.5 Å². The van der Waals surface area contributed by atoms with Gasteiger partial charge < -0.3 is 4.57 Å². The lowest BCUT2D eigenvalue weighted by atomic mass is 10.3. The van der Waals surface area contributed by atoms with Crippen molar-refractivity contribution < 1.29 is 0 Å². The van der Waals surface area contributed by atoms with Gasteiger partial charge in [0, 0.05) is 18.5 Å². The maximum atomic E-state index is 11.7. The van der Waals surface area contributed by atoms with Crippen molar-refractivity contribution in [2.45, 2.75) is 20.4 Å². The largest absolute Gasteiger partial charge is 0.314 e. The minimum absolute atomic E-state index is 0.185. The maximum Gasteiger partial charge on any atom is 0.268 e. The van der Waals surface area contributed by atoms with Gasteiger partial charge in [0.2, 0.25) is 0 Å². The molecule has 1 rings (SSSR count). The molecule has 3 nitrogen and oxygen atoms in total. The lowest BCUT2D eigenvalue weighted by Gasteiger charge is -2.06. The van der Waals surface area contributed by atoms with Gasteiger partial charge in [-0.3, -0.25) is 4.79 Å². The predicted molar refractivity (Wildman–Crippen MR) is 67.6 cm³/mol. The quantitative estimate of drug-likeness (QED) is 0.736. The molecular formula is C12H16N2OS. The van der Waals surface area contributed by atoms with Crippen LogP contribution in [0.4, 0.5) is 0 Å². The molecule has 0 bridgehead atoms. The second-order valence-electron chi connectivity index (χ2n) is 4.00. The van der Waals surface area contributed by atoms with Gasteiger partial charge in [-0.2, -0.15) is 17.0 Å². The Balaban J connectivity index is 2.55. The first-order valence-electron chi connectivity index (χ1n) is 5.32. The average Bonchev–Trinajstić information content (AvgIpc) is 2.26. The summed E-state index contributed by atoms with van der Waals surface area (Å²) in [6.45, 7) is 5.02. The summed E-state index contributed by atoms with van der Waals surface area (Å²) >= 11 is 1.84. The van der Waals surface area contributed by atoms with Crippen molar-refractivity contribution >= 4 is 11.8 Å². The highest BCUT2D eigenvalue weighted by Crippen LogP contribution is 2.07. The van der Waals surface area contributed by atoms with E-state index >= 15 is 0 Å². The highest BCUT2D eigenvalue weighted by molar-refractivity contribution is 7.99. The van der Waals surface area contributed by atoms with Gasteiger partial charge in [-0.05, 0) is 23.8 Å². The van der Waals surface area contributed by atoms with E-state index in [-0.39, 0.29) is 11.1 Å². The Morgan fingerprint density at radius 3 is 2.94 bits per heavy atom. The third-order valence-corrected chi connectivity index (χ3v) is 3.44. The molecule has 1 heterocycles. The zero-order chi connectivity index (χ0) is 12.0. The van der Waals surface area contributed by atoms with Gasteiger partial charge >= 0.3 is 0 Å². The van der Waals surface area contributed by atoms with Crippen molar-refractivity contribution in [1.29, 1.82) is 5.26 Å². The van der Waals surface area contributed by atoms with E-state index in [1.165, 1.54) is 0 Å². The summed E-state index contributed by atoms with van der Waals surface area (Å²) < 4.78 is 1.60. The van der Waals surface area contributed by atoms with Gasteiger partial charge in [-0.1, -0.05) is 13.8 Å². The Labute approximate surface area is 100 Å². The van der Waals surface area contributed by atoms with Gasteiger partial charge in [0.15, 0.2) is 0 Å². The van der Waals surface area contributed by atoms with Crippen molar-refractivity contribution in [3.05, 3.63) is 34.2 Å². The van der Waals surface area contributed by atoms with Gasteiger partial charge in [-0.25, -0.2) is 0 Å². The molecular weight excluding hydrogens is 220 g/mol. The molecule has 0 fully saturated rings. The average molecular weight is 236 g/mol. The fourth-order valence-electron chi connectivity index (χ4n) is 1.28. The summed E-state index contributed by atoms with van der Waals surface area (Å²) in [5.74, 6) is 2.69. The van der Waals surface area contributed by atoms with Gasteiger partial charge in [0.05, 0.1) is 0 Å². The monoisotopic (exact) mass is 236 g/mol. The lowest BCUT2D eigenvalue weighted by molar-refractivity contribution is 0.723. The normalized spacial score (nSPS) is 10.4. The summed E-state index contributed by atoms with van der Waals surface area (Å²) in [5.41, 5.74) is 0.0338. The third kappa shape index (κ3) is 3.74. The molecule has 0 aliphatic heterocycles. The minimum atomic E-state index is -0.185. The van der Waals surface area contributed by atoms with Crippen LogP contribution < -0.4 is 5.56 Å². The van der Waals surface area contributed by atoms with Crippen LogP contribution in [0, 0.1) is 17.2 Å². The SMILES string of the molecule is CC(C)CSCCn1cccc(C#N)c1=O. The van der Waals surface area contributed by atoms with Crippen LogP contribution >= 0.6 is 11.8 Å². The fraction of sp³-hybridized carbons (Fsp3) is 0.500. The molecule has 0 amide bonds. The number of thioether (sulfide) groups is 1. The van der Waals surface area contributed by atoms with Crippen molar-refractivity contribution in [3.8, 4) is 6.07 Å². The number of hydrogen-bond acceptors (Lipinski definition) is 3. The zero-order valence-corrected chi connectivity index (χ0v) is 10.5. The molecule has 0 aliphatic carbocycles. The van der Waals surface area contributed by atoms with Crippen LogP contribution in [0.2, 0.25) is 0 Å². The van der Waals surface area contributed by atoms with Crippen LogP contribution in [0.25, 0.3) is 0 Å². The lowest BCUT2D eigenvalue weighted by Crippen LogP contribution is -2.22. The Morgan fingerprint density at radius 2 is 2.31 bits per heavy atom. The van der Waals surface area contributed by atoms with Crippen LogP contribution in [-0.4, -0.2) is 16.1 Å². The number of hydrogen-bond donors (Lipinski definition) is 0. The smallest absolute Gasteiger partial charge is 0.268 e. The first kappa shape index (κ1) is 12.9. The van der Waals surface area contributed by atoms with E-state index in [1.54, 1.807) is 22.9 Å². The molecule has 1 aromatic rings. The number of aromatic nitrogens is 1. The standard InChI is InChI=1S/C12H16N2OS/c1-10(2)9-16-7-6-14-5-3-4-11(8-13)12(14)15/h3-5,10H,6-7,9H2,1-2H3. The number of nitrogens with zero attached hydrogens (tertiary/aromatic N) is 2. The summed E-state index contributed by atoms with van der Waals surface area (Å²) in [6.07, 6.45) is 1.74. The van der Waals surface area contributed by atoms with E-state index in [4.69, 9.17) is 5.26 Å². The topological polar surface area (TPSA) is 45.8 Å². The van der Waals surface area contributed by atoms with E-state index in [0.29, 0.717) is 12.5 Å². The van der Waals surface area contributed by atoms with Gasteiger partial charge in [0.1, 0.15) is 11.6 Å². The molecule has 16 heavy (non-hydrogen) atoms. The molecule has 86 valence electrons. The first-order chi connectivity index (χ1) is 7.65. The van der Waals surface area contributed by atoms with Crippen LogP contribution in [0.3, 0.4) is 0 Å². The Hall–Kier alpha value is -1.21. The van der Waals surface area contributed by atoms with E-state index in [9.17, 15) is 4.79 Å². The Kier molecular flexibility index (Phi) is 5.13. The highest BCUT2D eigenvalue weighted by atomic mass is 32.2. The highest BCUT2D eigenvalue weighted by Gasteiger charge is 2.01. The Bertz CT molecular complexity index is 431. The second kappa shape index (κ2) is 6.39. The molecule has 0 saturated heterocycles. The minimum Gasteiger partial charge on any atom is -0.314 e. The summed E-state index contributed by atoms with van der Waals surface area (Å²) in [4.78, 5) is 11.7. The summed E-state index contributed by atoms with van der Waals surface area (Å²) in [7, 11) is 0. The number of nitriles is 1. The van der Waals surface area contributed by atoms with Crippen molar-refractivity contribution in [3.63, 3.8) is 0 Å². The first-order valence-corrected chi connectivity index (χ1v) is 6.48. The van der Waals surface area contributed by atoms with Crippen LogP contribution in [0.5, 0.6) is 0 Å². The van der Waals surface area contributed by atoms with E-state index < -0.39 is 0 Å². The summed E-state index contributed by atoms with van der Waals surface area (Å²) in [6, 6.07) is 5.20. The molecule has 0 N–H and O–H groups in total. The van der Waals surface area contributed by atoms with Crippen LogP contribution in [0.1, 0.15) is 19.4 Å². The third-order valence-electron chi connectivity index (χ3n) is 2.07. The van der Waals surface area contributed by atoms with Gasteiger partial charge in [0.25, 0.3) is 5.56 Å². The summed E-state index contributed by atoms with van der Waals surface area (Å²) in [5, 5.41) is 8.72. The van der Waals surface area contributed by atoms with Crippen LogP contribution in [0.15, 0.2) is 23.1 Å². The second-order valence-corrected chi connectivity index (χ2v) is 5.15. The van der Waals surface area contributed by atoms with Crippen LogP contribution in [-0.2, 0) is 6.54 Å². The van der Waals surface area contributed by atoms with Crippen molar-refractivity contribution in [1.82, 2.24) is 4.57 Å². The molecule has 0 saturated carbocycles. The molecule has 0 aliphatic rings. The number of pyridine rings is 1. The van der Waals surface area contributed by atoms with E-state index in [1.807, 2.05) is 17.8 Å². The molecule has 4 heteroatoms. The molecule has 0 radical (unpaired) electrons. The number of rotatable bonds is 5. The zero-order valence-electron chi connectivity index (χ0n) is 9.64. The van der Waals surface area contributed by atoms with Crippen molar-refractivity contribution in [2.24, 2.45) is 5.92 Å². The fourth-order valence-corrected chi connectivity index (χ4v) is 2.24. The van der Waals surface area contributed by atoms with E-state index in [2.05, 4.69) is 13.8 Å². The molecule has 0 unspecified atom stereocenters. The Morgan fingerprint density at radius 1 is 1.56 bits per heavy atom. The molecule has 1 aromatic heterocycles. The molecule has 0 aromatic carbocycles. The molecule has 0 spiro atoms.